The minimum absolute atomic E-state index is 0.116. The number of hydrogen-bond acceptors (Lipinski definition) is 4. The van der Waals surface area contributed by atoms with Crippen LogP contribution in [0.25, 0.3) is 16.5 Å². The first-order chi connectivity index (χ1) is 8.24. The number of aldehydes is 1. The summed E-state index contributed by atoms with van der Waals surface area (Å²) in [5.74, 6) is 0.160. The van der Waals surface area contributed by atoms with E-state index in [2.05, 4.69) is 10.0 Å². The molecule has 0 aromatic heterocycles. The largest absolute Gasteiger partial charge is 0.504 e. The number of benzene rings is 1. The highest BCUT2D eigenvalue weighted by Gasteiger charge is 2.09. The minimum Gasteiger partial charge on any atom is -0.504 e. The lowest BCUT2D eigenvalue weighted by atomic mass is 10.1. The highest BCUT2D eigenvalue weighted by atomic mass is 16.5. The molecule has 17 heavy (non-hydrogen) atoms. The average Bonchev–Trinajstić information content (AvgIpc) is 2.36. The molecule has 6 heteroatoms. The van der Waals surface area contributed by atoms with Gasteiger partial charge in [0, 0.05) is 22.6 Å². The quantitative estimate of drug-likeness (QED) is 0.366. The molecule has 0 saturated carbocycles. The van der Waals surface area contributed by atoms with Crippen molar-refractivity contribution in [1.82, 2.24) is 0 Å². The van der Waals surface area contributed by atoms with Gasteiger partial charge in [0.25, 0.3) is 0 Å². The van der Waals surface area contributed by atoms with Gasteiger partial charge in [-0.1, -0.05) is 17.3 Å². The van der Waals surface area contributed by atoms with Crippen LogP contribution >= 0.6 is 0 Å². The van der Waals surface area contributed by atoms with Crippen LogP contribution in [-0.4, -0.2) is 25.0 Å². The van der Waals surface area contributed by atoms with Crippen LogP contribution in [0.1, 0.15) is 15.9 Å². The van der Waals surface area contributed by atoms with E-state index in [9.17, 15) is 9.90 Å². The highest BCUT2D eigenvalue weighted by molar-refractivity contribution is 5.85. The van der Waals surface area contributed by atoms with Gasteiger partial charge < -0.3 is 9.84 Å². The lowest BCUT2D eigenvalue weighted by Crippen LogP contribution is -1.91. The Balaban J connectivity index is 3.13. The van der Waals surface area contributed by atoms with Gasteiger partial charge in [0.2, 0.25) is 0 Å². The van der Waals surface area contributed by atoms with Crippen LogP contribution in [-0.2, 0) is 0 Å². The molecule has 1 aromatic rings. The molecule has 0 heterocycles. The van der Waals surface area contributed by atoms with Gasteiger partial charge in [-0.3, -0.25) is 4.79 Å². The molecule has 6 nitrogen and oxygen atoms in total. The van der Waals surface area contributed by atoms with E-state index in [4.69, 9.17) is 10.3 Å². The van der Waals surface area contributed by atoms with Gasteiger partial charge in [0.15, 0.2) is 17.8 Å². The maximum atomic E-state index is 10.8. The first-order valence-corrected chi connectivity index (χ1v) is 4.77. The third kappa shape index (κ3) is 2.99. The van der Waals surface area contributed by atoms with E-state index < -0.39 is 0 Å². The number of nitrogens with zero attached hydrogens (tertiary/aromatic N) is 3. The van der Waals surface area contributed by atoms with E-state index in [1.165, 1.54) is 19.3 Å². The molecule has 0 aliphatic rings. The van der Waals surface area contributed by atoms with E-state index in [1.807, 2.05) is 0 Å². The summed E-state index contributed by atoms with van der Waals surface area (Å²) in [6.45, 7) is 0.144. The number of phenolic OH excluding ortho intramolecular Hbond substituents is 1. The smallest absolute Gasteiger partial charge is 0.165 e. The standard InChI is InChI=1S/C11H11N3O3/c1-17-10-5-4-8(7-15)9(11(10)16)3-2-6-13-14-12/h2-5,7,16H,6H2,1H3. The van der Waals surface area contributed by atoms with Crippen molar-refractivity contribution in [2.45, 2.75) is 0 Å². The van der Waals surface area contributed by atoms with Crippen molar-refractivity contribution < 1.29 is 14.6 Å². The van der Waals surface area contributed by atoms with E-state index in [0.717, 1.165) is 0 Å². The zero-order valence-electron chi connectivity index (χ0n) is 9.20. The van der Waals surface area contributed by atoms with E-state index in [-0.39, 0.29) is 18.0 Å². The van der Waals surface area contributed by atoms with Crippen LogP contribution in [0.15, 0.2) is 23.3 Å². The fourth-order valence-corrected chi connectivity index (χ4v) is 1.30. The first kappa shape index (κ1) is 12.6. The third-order valence-electron chi connectivity index (χ3n) is 2.10. The monoisotopic (exact) mass is 233 g/mol. The Labute approximate surface area is 97.8 Å². The molecule has 0 bridgehead atoms. The van der Waals surface area contributed by atoms with Crippen LogP contribution in [0.5, 0.6) is 11.5 Å². The fourth-order valence-electron chi connectivity index (χ4n) is 1.30. The molecule has 1 aromatic carbocycles. The second-order valence-corrected chi connectivity index (χ2v) is 3.05. The fraction of sp³-hybridized carbons (Fsp3) is 0.182. The second-order valence-electron chi connectivity index (χ2n) is 3.05. The SMILES string of the molecule is COc1ccc(C=O)c(C=CCN=[N+]=[N-])c1O. The van der Waals surface area contributed by atoms with Crippen LogP contribution in [0, 0.1) is 0 Å². The van der Waals surface area contributed by atoms with Crippen LogP contribution in [0.3, 0.4) is 0 Å². The Morgan fingerprint density at radius 1 is 1.59 bits per heavy atom. The molecule has 0 amide bonds. The number of ether oxygens (including phenoxy) is 1. The Morgan fingerprint density at radius 3 is 2.94 bits per heavy atom. The maximum absolute atomic E-state index is 10.8. The maximum Gasteiger partial charge on any atom is 0.165 e. The number of aromatic hydroxyl groups is 1. The predicted molar refractivity (Wildman–Crippen MR) is 63.1 cm³/mol. The molecule has 0 spiro atoms. The van der Waals surface area contributed by atoms with Gasteiger partial charge in [-0.2, -0.15) is 0 Å². The zero-order valence-corrected chi connectivity index (χ0v) is 9.20. The number of carbonyl (C=O) groups is 1. The van der Waals surface area contributed by atoms with Crippen molar-refractivity contribution >= 4 is 12.4 Å². The third-order valence-corrected chi connectivity index (χ3v) is 2.10. The summed E-state index contributed by atoms with van der Waals surface area (Å²) in [4.78, 5) is 13.4. The summed E-state index contributed by atoms with van der Waals surface area (Å²) < 4.78 is 4.93. The molecule has 0 saturated heterocycles. The Bertz CT molecular complexity index is 491. The normalized spacial score (nSPS) is 9.94. The number of carbonyl (C=O) groups excluding carboxylic acids is 1. The molecule has 0 fully saturated rings. The molecule has 1 rings (SSSR count). The van der Waals surface area contributed by atoms with Crippen LogP contribution < -0.4 is 4.74 Å². The van der Waals surface area contributed by atoms with Crippen molar-refractivity contribution in [3.8, 4) is 11.5 Å². The number of methoxy groups -OCH3 is 1. The van der Waals surface area contributed by atoms with Crippen LogP contribution in [0.4, 0.5) is 0 Å². The molecule has 0 aliphatic carbocycles. The van der Waals surface area contributed by atoms with Crippen molar-refractivity contribution in [2.24, 2.45) is 5.11 Å². The summed E-state index contributed by atoms with van der Waals surface area (Å²) in [7, 11) is 1.42. The topological polar surface area (TPSA) is 95.3 Å². The first-order valence-electron chi connectivity index (χ1n) is 4.77. The predicted octanol–water partition coefficient (Wildman–Crippen LogP) is 2.54. The van der Waals surface area contributed by atoms with Gasteiger partial charge in [-0.25, -0.2) is 0 Å². The average molecular weight is 233 g/mol. The van der Waals surface area contributed by atoms with Gasteiger partial charge in [-0.15, -0.1) is 0 Å². The molecule has 0 aliphatic heterocycles. The number of phenols is 1. The summed E-state index contributed by atoms with van der Waals surface area (Å²) >= 11 is 0. The van der Waals surface area contributed by atoms with E-state index in [1.54, 1.807) is 12.1 Å². The zero-order chi connectivity index (χ0) is 12.7. The Hall–Kier alpha value is -2.46. The molecule has 0 unspecified atom stereocenters. The molecular weight excluding hydrogens is 222 g/mol. The molecule has 0 radical (unpaired) electrons. The Kier molecular flexibility index (Phi) is 4.59. The lowest BCUT2D eigenvalue weighted by molar-refractivity contribution is 0.112. The summed E-state index contributed by atoms with van der Waals surface area (Å²) in [6.07, 6.45) is 3.68. The summed E-state index contributed by atoms with van der Waals surface area (Å²) in [5.41, 5.74) is 8.77. The van der Waals surface area contributed by atoms with Gasteiger partial charge in [0.1, 0.15) is 0 Å². The molecular formula is C11H11N3O3. The van der Waals surface area contributed by atoms with Crippen molar-refractivity contribution in [3.63, 3.8) is 0 Å². The summed E-state index contributed by atoms with van der Waals surface area (Å²) in [6, 6.07) is 3.04. The molecule has 1 N–H and O–H groups in total. The van der Waals surface area contributed by atoms with Gasteiger partial charge >= 0.3 is 0 Å². The number of rotatable bonds is 5. The highest BCUT2D eigenvalue weighted by Crippen LogP contribution is 2.32. The lowest BCUT2D eigenvalue weighted by Gasteiger charge is -2.07. The molecule has 88 valence electrons. The number of azide groups is 1. The van der Waals surface area contributed by atoms with E-state index in [0.29, 0.717) is 17.4 Å². The van der Waals surface area contributed by atoms with Crippen LogP contribution in [0.2, 0.25) is 0 Å². The number of hydrogen-bond donors (Lipinski definition) is 1. The van der Waals surface area contributed by atoms with Gasteiger partial charge in [0.05, 0.1) is 7.11 Å². The second kappa shape index (κ2) is 6.19. The molecule has 0 atom stereocenters. The van der Waals surface area contributed by atoms with Crippen molar-refractivity contribution in [2.75, 3.05) is 13.7 Å². The van der Waals surface area contributed by atoms with Crippen molar-refractivity contribution in [1.29, 1.82) is 0 Å². The summed E-state index contributed by atoms with van der Waals surface area (Å²) in [5, 5.41) is 13.1. The van der Waals surface area contributed by atoms with E-state index >= 15 is 0 Å². The minimum atomic E-state index is -0.116. The van der Waals surface area contributed by atoms with Gasteiger partial charge in [-0.05, 0) is 17.7 Å². The Morgan fingerprint density at radius 2 is 2.35 bits per heavy atom. The van der Waals surface area contributed by atoms with Crippen molar-refractivity contribution in [3.05, 3.63) is 39.8 Å².